The van der Waals surface area contributed by atoms with Gasteiger partial charge in [-0.25, -0.2) is 0 Å². The number of amides is 1. The van der Waals surface area contributed by atoms with Gasteiger partial charge in [0.15, 0.2) is 0 Å². The van der Waals surface area contributed by atoms with Crippen LogP contribution in [0.2, 0.25) is 0 Å². The van der Waals surface area contributed by atoms with Gasteiger partial charge in [0.2, 0.25) is 5.91 Å². The van der Waals surface area contributed by atoms with Crippen molar-refractivity contribution in [3.05, 3.63) is 11.6 Å². The largest absolute Gasteiger partial charge is 0.349 e. The smallest absolute Gasteiger partial charge is 0.246 e. The van der Waals surface area contributed by atoms with E-state index in [9.17, 15) is 4.79 Å². The topological polar surface area (TPSA) is 29.1 Å². The van der Waals surface area contributed by atoms with Crippen molar-refractivity contribution in [1.29, 1.82) is 0 Å². The van der Waals surface area contributed by atoms with Crippen LogP contribution >= 0.6 is 0 Å². The molecule has 1 saturated carbocycles. The number of rotatable bonds is 4. The summed E-state index contributed by atoms with van der Waals surface area (Å²) in [5, 5.41) is 3.23. The van der Waals surface area contributed by atoms with E-state index in [1.165, 1.54) is 25.7 Å². The van der Waals surface area contributed by atoms with Gasteiger partial charge in [-0.1, -0.05) is 39.2 Å². The van der Waals surface area contributed by atoms with Crippen LogP contribution < -0.4 is 5.32 Å². The number of carbonyl (C=O) groups is 1. The van der Waals surface area contributed by atoms with Crippen molar-refractivity contribution in [3.8, 4) is 0 Å². The molecule has 2 unspecified atom stereocenters. The lowest BCUT2D eigenvalue weighted by atomic mass is 9.76. The summed E-state index contributed by atoms with van der Waals surface area (Å²) in [5.74, 6) is 1.50. The maximum atomic E-state index is 11.9. The first-order valence-electron chi connectivity index (χ1n) is 7.03. The molecule has 0 spiro atoms. The van der Waals surface area contributed by atoms with E-state index in [-0.39, 0.29) is 5.91 Å². The van der Waals surface area contributed by atoms with Gasteiger partial charge in [-0.05, 0) is 38.5 Å². The highest BCUT2D eigenvalue weighted by Gasteiger charge is 2.29. The molecule has 0 radical (unpaired) electrons. The van der Waals surface area contributed by atoms with Crippen LogP contribution in [0, 0.1) is 11.8 Å². The van der Waals surface area contributed by atoms with Gasteiger partial charge in [-0.3, -0.25) is 4.79 Å². The zero-order valence-corrected chi connectivity index (χ0v) is 11.8. The predicted octanol–water partition coefficient (Wildman–Crippen LogP) is 3.67. The van der Waals surface area contributed by atoms with Crippen LogP contribution in [0.3, 0.4) is 0 Å². The molecule has 3 atom stereocenters. The normalized spacial score (nSPS) is 27.6. The van der Waals surface area contributed by atoms with Crippen LogP contribution in [-0.4, -0.2) is 11.9 Å². The molecule has 0 aromatic rings. The van der Waals surface area contributed by atoms with Crippen molar-refractivity contribution < 1.29 is 4.79 Å². The summed E-state index contributed by atoms with van der Waals surface area (Å²) in [4.78, 5) is 11.9. The molecule has 1 N–H and O–H groups in total. The molecular weight excluding hydrogens is 210 g/mol. The van der Waals surface area contributed by atoms with E-state index in [0.29, 0.717) is 17.9 Å². The van der Waals surface area contributed by atoms with Gasteiger partial charge in [0, 0.05) is 11.6 Å². The van der Waals surface area contributed by atoms with Gasteiger partial charge in [-0.15, -0.1) is 0 Å². The van der Waals surface area contributed by atoms with Gasteiger partial charge < -0.3 is 5.32 Å². The number of nitrogens with one attached hydrogen (secondary N) is 1. The summed E-state index contributed by atoms with van der Waals surface area (Å²) in [6.45, 7) is 8.37. The quantitative estimate of drug-likeness (QED) is 0.743. The Morgan fingerprint density at radius 3 is 2.65 bits per heavy atom. The van der Waals surface area contributed by atoms with E-state index in [4.69, 9.17) is 0 Å². The standard InChI is InChI=1S/C15H27NO/c1-5-11(3)13-9-7-8-10-14(13)16-15(17)12(4)6-2/h6,11,13-14H,5,7-10H2,1-4H3,(H,16,17)/b12-6-/t11-,13?,14?/m0/s1. The summed E-state index contributed by atoms with van der Waals surface area (Å²) in [6, 6.07) is 0.390. The minimum Gasteiger partial charge on any atom is -0.349 e. The zero-order chi connectivity index (χ0) is 12.8. The Bertz CT molecular complexity index is 283. The Morgan fingerprint density at radius 1 is 1.41 bits per heavy atom. The van der Waals surface area contributed by atoms with E-state index >= 15 is 0 Å². The molecule has 0 heterocycles. The molecule has 1 rings (SSSR count). The first kappa shape index (κ1) is 14.3. The number of hydrogen-bond donors (Lipinski definition) is 1. The first-order valence-corrected chi connectivity index (χ1v) is 7.03. The van der Waals surface area contributed by atoms with E-state index in [0.717, 1.165) is 12.0 Å². The molecule has 0 aromatic heterocycles. The van der Waals surface area contributed by atoms with E-state index in [2.05, 4.69) is 19.2 Å². The number of hydrogen-bond acceptors (Lipinski definition) is 1. The molecule has 2 nitrogen and oxygen atoms in total. The fraction of sp³-hybridized carbons (Fsp3) is 0.800. The van der Waals surface area contributed by atoms with E-state index in [1.54, 1.807) is 0 Å². The Hall–Kier alpha value is -0.790. The van der Waals surface area contributed by atoms with Crippen LogP contribution in [0.15, 0.2) is 11.6 Å². The highest BCUT2D eigenvalue weighted by Crippen LogP contribution is 2.32. The van der Waals surface area contributed by atoms with Gasteiger partial charge >= 0.3 is 0 Å². The lowest BCUT2D eigenvalue weighted by Gasteiger charge is -2.36. The monoisotopic (exact) mass is 237 g/mol. The average Bonchev–Trinajstić information content (AvgIpc) is 2.37. The summed E-state index contributed by atoms with van der Waals surface area (Å²) in [5.41, 5.74) is 0.832. The third-order valence-electron chi connectivity index (χ3n) is 4.30. The number of carbonyl (C=O) groups excluding carboxylic acids is 1. The first-order chi connectivity index (χ1) is 8.10. The molecule has 17 heavy (non-hydrogen) atoms. The lowest BCUT2D eigenvalue weighted by Crippen LogP contribution is -2.44. The van der Waals surface area contributed by atoms with Gasteiger partial charge in [-0.2, -0.15) is 0 Å². The van der Waals surface area contributed by atoms with Crippen LogP contribution in [0.25, 0.3) is 0 Å². The Kier molecular flexibility index (Phi) is 5.73. The molecule has 1 aliphatic carbocycles. The van der Waals surface area contributed by atoms with E-state index < -0.39 is 0 Å². The Morgan fingerprint density at radius 2 is 2.06 bits per heavy atom. The summed E-state index contributed by atoms with van der Waals surface area (Å²) in [7, 11) is 0. The molecule has 1 amide bonds. The van der Waals surface area contributed by atoms with Crippen molar-refractivity contribution in [2.24, 2.45) is 11.8 Å². The van der Waals surface area contributed by atoms with E-state index in [1.807, 2.05) is 19.9 Å². The SMILES string of the molecule is C/C=C(/C)C(=O)NC1CCCCC1[C@@H](C)CC. The molecule has 1 fully saturated rings. The Balaban J connectivity index is 2.62. The molecule has 1 aliphatic rings. The maximum absolute atomic E-state index is 11.9. The third-order valence-corrected chi connectivity index (χ3v) is 4.30. The van der Waals surface area contributed by atoms with Crippen molar-refractivity contribution in [3.63, 3.8) is 0 Å². The molecule has 0 aliphatic heterocycles. The minimum atomic E-state index is 0.118. The minimum absolute atomic E-state index is 0.118. The summed E-state index contributed by atoms with van der Waals surface area (Å²) < 4.78 is 0. The van der Waals surface area contributed by atoms with Crippen molar-refractivity contribution in [2.75, 3.05) is 0 Å². The predicted molar refractivity (Wildman–Crippen MR) is 72.8 cm³/mol. The summed E-state index contributed by atoms with van der Waals surface area (Å²) in [6.07, 6.45) is 8.10. The Labute approximate surface area is 106 Å². The second-order valence-corrected chi connectivity index (χ2v) is 5.39. The fourth-order valence-electron chi connectivity index (χ4n) is 2.74. The molecule has 0 aromatic carbocycles. The van der Waals surface area contributed by atoms with Crippen molar-refractivity contribution in [2.45, 2.75) is 65.8 Å². The highest BCUT2D eigenvalue weighted by molar-refractivity contribution is 5.92. The second kappa shape index (κ2) is 6.83. The average molecular weight is 237 g/mol. The maximum Gasteiger partial charge on any atom is 0.246 e. The molecule has 0 saturated heterocycles. The van der Waals surface area contributed by atoms with Crippen LogP contribution in [0.5, 0.6) is 0 Å². The van der Waals surface area contributed by atoms with Crippen molar-refractivity contribution in [1.82, 2.24) is 5.32 Å². The van der Waals surface area contributed by atoms with Crippen LogP contribution in [0.4, 0.5) is 0 Å². The highest BCUT2D eigenvalue weighted by atomic mass is 16.1. The van der Waals surface area contributed by atoms with Crippen molar-refractivity contribution >= 4 is 5.91 Å². The lowest BCUT2D eigenvalue weighted by molar-refractivity contribution is -0.118. The third kappa shape index (κ3) is 3.86. The van der Waals surface area contributed by atoms with Gasteiger partial charge in [0.1, 0.15) is 0 Å². The second-order valence-electron chi connectivity index (χ2n) is 5.39. The molecule has 2 heteroatoms. The molecule has 98 valence electrons. The van der Waals surface area contributed by atoms with Gasteiger partial charge in [0.05, 0.1) is 0 Å². The molecule has 0 bridgehead atoms. The van der Waals surface area contributed by atoms with Crippen LogP contribution in [-0.2, 0) is 4.79 Å². The zero-order valence-electron chi connectivity index (χ0n) is 11.8. The van der Waals surface area contributed by atoms with Gasteiger partial charge in [0.25, 0.3) is 0 Å². The van der Waals surface area contributed by atoms with Crippen LogP contribution in [0.1, 0.15) is 59.8 Å². The number of allylic oxidation sites excluding steroid dienone is 1. The fourth-order valence-corrected chi connectivity index (χ4v) is 2.74. The molecular formula is C15H27NO. The summed E-state index contributed by atoms with van der Waals surface area (Å²) >= 11 is 0.